The summed E-state index contributed by atoms with van der Waals surface area (Å²) in [5.74, 6) is 0.540. The minimum atomic E-state index is 0.478. The highest BCUT2D eigenvalue weighted by molar-refractivity contribution is 6.33. The number of rotatable bonds is 3. The molecular weight excluding hydrogens is 318 g/mol. The molecular formula is C20H16ClN3. The van der Waals surface area contributed by atoms with Crippen LogP contribution in [0.4, 0.5) is 11.5 Å². The van der Waals surface area contributed by atoms with Gasteiger partial charge in [-0.3, -0.25) is 0 Å². The third kappa shape index (κ3) is 3.40. The smallest absolute Gasteiger partial charge is 0.148 e. The molecule has 0 bridgehead atoms. The first-order chi connectivity index (χ1) is 11.6. The van der Waals surface area contributed by atoms with Crippen molar-refractivity contribution in [3.8, 4) is 17.2 Å². The number of nitriles is 1. The molecule has 0 radical (unpaired) electrons. The fourth-order valence-corrected chi connectivity index (χ4v) is 2.92. The molecule has 0 unspecified atom stereocenters. The van der Waals surface area contributed by atoms with Gasteiger partial charge >= 0.3 is 0 Å². The van der Waals surface area contributed by atoms with Crippen LogP contribution in [0.15, 0.2) is 54.7 Å². The Morgan fingerprint density at radius 3 is 2.42 bits per heavy atom. The molecule has 0 fully saturated rings. The Kier molecular flexibility index (Phi) is 4.50. The van der Waals surface area contributed by atoms with E-state index in [1.54, 1.807) is 12.3 Å². The molecule has 4 heteroatoms. The number of nitrogens with one attached hydrogen (secondary N) is 1. The maximum atomic E-state index is 9.48. The average molecular weight is 334 g/mol. The van der Waals surface area contributed by atoms with E-state index in [-0.39, 0.29) is 0 Å². The van der Waals surface area contributed by atoms with Crippen LogP contribution in [0.2, 0.25) is 5.02 Å². The van der Waals surface area contributed by atoms with E-state index < -0.39 is 0 Å². The predicted molar refractivity (Wildman–Crippen MR) is 98.6 cm³/mol. The number of pyridine rings is 1. The molecule has 1 N–H and O–H groups in total. The van der Waals surface area contributed by atoms with Crippen LogP contribution < -0.4 is 5.32 Å². The van der Waals surface area contributed by atoms with Gasteiger partial charge in [0.1, 0.15) is 11.9 Å². The average Bonchev–Trinajstić information content (AvgIpc) is 2.55. The normalized spacial score (nSPS) is 10.2. The molecule has 0 saturated heterocycles. The number of benzene rings is 2. The molecule has 3 rings (SSSR count). The second-order valence-electron chi connectivity index (χ2n) is 5.71. The molecule has 3 nitrogen and oxygen atoms in total. The minimum Gasteiger partial charge on any atom is -0.339 e. The second kappa shape index (κ2) is 6.74. The maximum Gasteiger partial charge on any atom is 0.148 e. The van der Waals surface area contributed by atoms with Crippen LogP contribution in [0, 0.1) is 25.2 Å². The summed E-state index contributed by atoms with van der Waals surface area (Å²) in [4.78, 5) is 4.43. The van der Waals surface area contributed by atoms with Crippen molar-refractivity contribution in [3.05, 3.63) is 76.4 Å². The van der Waals surface area contributed by atoms with Crippen molar-refractivity contribution in [3.63, 3.8) is 0 Å². The van der Waals surface area contributed by atoms with Crippen LogP contribution in [0.3, 0.4) is 0 Å². The summed E-state index contributed by atoms with van der Waals surface area (Å²) in [7, 11) is 0. The monoisotopic (exact) mass is 333 g/mol. The topological polar surface area (TPSA) is 48.7 Å². The van der Waals surface area contributed by atoms with Gasteiger partial charge in [0.25, 0.3) is 0 Å². The number of aryl methyl sites for hydroxylation is 2. The largest absolute Gasteiger partial charge is 0.339 e. The Labute approximate surface area is 146 Å². The van der Waals surface area contributed by atoms with Gasteiger partial charge in [-0.05, 0) is 49.2 Å². The van der Waals surface area contributed by atoms with Gasteiger partial charge in [-0.1, -0.05) is 35.9 Å². The zero-order chi connectivity index (χ0) is 17.1. The molecule has 2 aromatic carbocycles. The minimum absolute atomic E-state index is 0.478. The molecule has 0 spiro atoms. The summed E-state index contributed by atoms with van der Waals surface area (Å²) in [6.45, 7) is 4.08. The Morgan fingerprint density at radius 2 is 1.75 bits per heavy atom. The molecule has 0 aliphatic heterocycles. The lowest BCUT2D eigenvalue weighted by molar-refractivity contribution is 1.28. The van der Waals surface area contributed by atoms with Crippen LogP contribution in [0.25, 0.3) is 11.1 Å². The Bertz CT molecular complexity index is 922. The third-order valence-corrected chi connectivity index (χ3v) is 4.01. The lowest BCUT2D eigenvalue weighted by Gasteiger charge is -2.11. The van der Waals surface area contributed by atoms with Gasteiger partial charge in [-0.2, -0.15) is 5.26 Å². The number of aromatic nitrogens is 1. The molecule has 0 atom stereocenters. The fraction of sp³-hybridized carbons (Fsp3) is 0.100. The van der Waals surface area contributed by atoms with Crippen molar-refractivity contribution in [1.82, 2.24) is 4.98 Å². The molecule has 1 aromatic heterocycles. The van der Waals surface area contributed by atoms with Gasteiger partial charge in [0.15, 0.2) is 0 Å². The van der Waals surface area contributed by atoms with E-state index in [1.165, 1.54) is 0 Å². The van der Waals surface area contributed by atoms with Crippen molar-refractivity contribution in [2.24, 2.45) is 0 Å². The van der Waals surface area contributed by atoms with E-state index >= 15 is 0 Å². The SMILES string of the molecule is Cc1cc(C)cc(Nc2ncc(-c3ccccc3Cl)cc2C#N)c1. The molecule has 3 aromatic rings. The van der Waals surface area contributed by atoms with Gasteiger partial charge in [0.05, 0.1) is 5.56 Å². The zero-order valence-electron chi connectivity index (χ0n) is 13.5. The van der Waals surface area contributed by atoms with E-state index in [1.807, 2.05) is 50.2 Å². The van der Waals surface area contributed by atoms with Gasteiger partial charge in [-0.15, -0.1) is 0 Å². The molecule has 0 aliphatic rings. The number of halogens is 1. The van der Waals surface area contributed by atoms with E-state index in [9.17, 15) is 5.26 Å². The molecule has 0 amide bonds. The highest BCUT2D eigenvalue weighted by Crippen LogP contribution is 2.30. The summed E-state index contributed by atoms with van der Waals surface area (Å²) in [5, 5.41) is 13.4. The lowest BCUT2D eigenvalue weighted by Crippen LogP contribution is -1.98. The Morgan fingerprint density at radius 1 is 1.04 bits per heavy atom. The quantitative estimate of drug-likeness (QED) is 0.675. The highest BCUT2D eigenvalue weighted by atomic mass is 35.5. The van der Waals surface area contributed by atoms with Crippen LogP contribution in [-0.4, -0.2) is 4.98 Å². The first kappa shape index (κ1) is 16.0. The lowest BCUT2D eigenvalue weighted by atomic mass is 10.1. The Hall–Kier alpha value is -2.83. The van der Waals surface area contributed by atoms with Crippen molar-refractivity contribution >= 4 is 23.1 Å². The summed E-state index contributed by atoms with van der Waals surface area (Å²) < 4.78 is 0. The molecule has 24 heavy (non-hydrogen) atoms. The molecule has 118 valence electrons. The second-order valence-corrected chi connectivity index (χ2v) is 6.12. The first-order valence-electron chi connectivity index (χ1n) is 7.57. The maximum absolute atomic E-state index is 9.48. The number of anilines is 2. The zero-order valence-corrected chi connectivity index (χ0v) is 14.2. The van der Waals surface area contributed by atoms with E-state index in [0.717, 1.165) is 27.9 Å². The Balaban J connectivity index is 1.99. The summed E-state index contributed by atoms with van der Waals surface area (Å²) in [6.07, 6.45) is 1.73. The van der Waals surface area contributed by atoms with Crippen molar-refractivity contribution in [1.29, 1.82) is 5.26 Å². The van der Waals surface area contributed by atoms with Crippen molar-refractivity contribution < 1.29 is 0 Å². The van der Waals surface area contributed by atoms with Gasteiger partial charge in [-0.25, -0.2) is 4.98 Å². The molecule has 0 saturated carbocycles. The van der Waals surface area contributed by atoms with Crippen LogP contribution >= 0.6 is 11.6 Å². The van der Waals surface area contributed by atoms with Gasteiger partial charge < -0.3 is 5.32 Å². The van der Waals surface area contributed by atoms with Crippen LogP contribution in [0.1, 0.15) is 16.7 Å². The van der Waals surface area contributed by atoms with Crippen molar-refractivity contribution in [2.45, 2.75) is 13.8 Å². The summed E-state index contributed by atoms with van der Waals surface area (Å²) in [5.41, 5.74) is 5.39. The highest BCUT2D eigenvalue weighted by Gasteiger charge is 2.09. The third-order valence-electron chi connectivity index (χ3n) is 3.68. The van der Waals surface area contributed by atoms with Crippen LogP contribution in [-0.2, 0) is 0 Å². The standard InChI is InChI=1S/C20H16ClN3/c1-13-7-14(2)9-17(8-13)24-20-15(11-22)10-16(12-23-20)18-5-3-4-6-19(18)21/h3-10,12H,1-2H3,(H,23,24). The van der Waals surface area contributed by atoms with E-state index in [0.29, 0.717) is 16.4 Å². The molecule has 0 aliphatic carbocycles. The molecule has 1 heterocycles. The predicted octanol–water partition coefficient (Wildman–Crippen LogP) is 5.63. The first-order valence-corrected chi connectivity index (χ1v) is 7.95. The summed E-state index contributed by atoms with van der Waals surface area (Å²) in [6, 6.07) is 17.7. The van der Waals surface area contributed by atoms with Crippen molar-refractivity contribution in [2.75, 3.05) is 5.32 Å². The number of nitrogens with zero attached hydrogens (tertiary/aromatic N) is 2. The summed E-state index contributed by atoms with van der Waals surface area (Å²) >= 11 is 6.23. The number of hydrogen-bond acceptors (Lipinski definition) is 3. The van der Waals surface area contributed by atoms with Gasteiger partial charge in [0, 0.05) is 28.0 Å². The van der Waals surface area contributed by atoms with Gasteiger partial charge in [0.2, 0.25) is 0 Å². The van der Waals surface area contributed by atoms with E-state index in [4.69, 9.17) is 11.6 Å². The van der Waals surface area contributed by atoms with Crippen LogP contribution in [0.5, 0.6) is 0 Å². The number of hydrogen-bond donors (Lipinski definition) is 1. The van der Waals surface area contributed by atoms with E-state index in [2.05, 4.69) is 22.4 Å². The fourth-order valence-electron chi connectivity index (χ4n) is 2.68.